The highest BCUT2D eigenvalue weighted by Crippen LogP contribution is 2.32. The summed E-state index contributed by atoms with van der Waals surface area (Å²) in [6.45, 7) is 5.62. The molecule has 0 saturated carbocycles. The van der Waals surface area contributed by atoms with Crippen LogP contribution in [0.15, 0.2) is 0 Å². The van der Waals surface area contributed by atoms with E-state index in [1.165, 1.54) is 0 Å². The molecule has 1 aliphatic heterocycles. The summed E-state index contributed by atoms with van der Waals surface area (Å²) in [5.41, 5.74) is 7.85. The monoisotopic (exact) mass is 209 g/mol. The van der Waals surface area contributed by atoms with Gasteiger partial charge >= 0.3 is 0 Å². The Balaban J connectivity index is 2.30. The molecular weight excluding hydrogens is 190 g/mol. The maximum atomic E-state index is 5.68. The molecule has 1 aromatic heterocycles. The van der Waals surface area contributed by atoms with Gasteiger partial charge in [0.05, 0.1) is 24.0 Å². The van der Waals surface area contributed by atoms with Crippen molar-refractivity contribution >= 4 is 0 Å². The summed E-state index contributed by atoms with van der Waals surface area (Å²) in [6.07, 6.45) is 2.43. The van der Waals surface area contributed by atoms with E-state index in [0.29, 0.717) is 12.5 Å². The van der Waals surface area contributed by atoms with Crippen molar-refractivity contribution in [2.24, 2.45) is 5.73 Å². The maximum absolute atomic E-state index is 5.68. The molecule has 0 aromatic carbocycles. The predicted molar refractivity (Wildman–Crippen MR) is 58.5 cm³/mol. The third-order valence-electron chi connectivity index (χ3n) is 2.80. The van der Waals surface area contributed by atoms with Gasteiger partial charge in [0, 0.05) is 6.61 Å². The van der Waals surface area contributed by atoms with Crippen molar-refractivity contribution < 1.29 is 4.74 Å². The lowest BCUT2D eigenvalue weighted by atomic mass is 10.0. The van der Waals surface area contributed by atoms with Crippen LogP contribution in [0.25, 0.3) is 0 Å². The molecule has 0 spiro atoms. The lowest BCUT2D eigenvalue weighted by Crippen LogP contribution is -2.02. The van der Waals surface area contributed by atoms with Crippen molar-refractivity contribution in [1.82, 2.24) is 9.97 Å². The minimum absolute atomic E-state index is 0.204. The second-order valence-electron chi connectivity index (χ2n) is 4.34. The smallest absolute Gasteiger partial charge is 0.120 e. The standard InChI is InChI=1S/C11H19N3O/c1-7(2)10-11(8-4-3-5-15-8)14-9(6-12)13-10/h7-8H,3-6,12H2,1-2H3,(H,13,14). The van der Waals surface area contributed by atoms with Crippen LogP contribution < -0.4 is 5.73 Å². The Morgan fingerprint density at radius 3 is 2.93 bits per heavy atom. The van der Waals surface area contributed by atoms with E-state index >= 15 is 0 Å². The molecule has 4 heteroatoms. The molecule has 0 bridgehead atoms. The minimum atomic E-state index is 0.204. The molecule has 15 heavy (non-hydrogen) atoms. The van der Waals surface area contributed by atoms with Crippen LogP contribution in [0.5, 0.6) is 0 Å². The van der Waals surface area contributed by atoms with E-state index in [0.717, 1.165) is 36.7 Å². The van der Waals surface area contributed by atoms with Gasteiger partial charge in [0.2, 0.25) is 0 Å². The topological polar surface area (TPSA) is 63.9 Å². The van der Waals surface area contributed by atoms with Crippen LogP contribution in [0, 0.1) is 0 Å². The molecule has 1 aromatic rings. The molecule has 1 atom stereocenters. The van der Waals surface area contributed by atoms with Crippen LogP contribution in [0.1, 0.15) is 55.9 Å². The third kappa shape index (κ3) is 2.06. The summed E-state index contributed by atoms with van der Waals surface area (Å²) in [5, 5.41) is 0. The van der Waals surface area contributed by atoms with Gasteiger partial charge in [-0.25, -0.2) is 4.98 Å². The number of nitrogens with zero attached hydrogens (tertiary/aromatic N) is 1. The first-order chi connectivity index (χ1) is 7.22. The van der Waals surface area contributed by atoms with E-state index in [9.17, 15) is 0 Å². The number of nitrogens with two attached hydrogens (primary N) is 1. The van der Waals surface area contributed by atoms with Crippen LogP contribution in [-0.2, 0) is 11.3 Å². The number of H-pyrrole nitrogens is 1. The Bertz CT molecular complexity index is 327. The number of nitrogens with one attached hydrogen (secondary N) is 1. The van der Waals surface area contributed by atoms with Crippen molar-refractivity contribution in [2.75, 3.05) is 6.61 Å². The average molecular weight is 209 g/mol. The molecular formula is C11H19N3O. The number of ether oxygens (including phenoxy) is 1. The lowest BCUT2D eigenvalue weighted by molar-refractivity contribution is 0.108. The highest BCUT2D eigenvalue weighted by molar-refractivity contribution is 5.21. The number of hydrogen-bond donors (Lipinski definition) is 2. The molecule has 1 saturated heterocycles. The average Bonchev–Trinajstić information content (AvgIpc) is 2.86. The Hall–Kier alpha value is -0.870. The largest absolute Gasteiger partial charge is 0.372 e. The van der Waals surface area contributed by atoms with E-state index in [2.05, 4.69) is 23.8 Å². The fourth-order valence-electron chi connectivity index (χ4n) is 2.04. The molecule has 84 valence electrons. The summed E-state index contributed by atoms with van der Waals surface area (Å²) in [7, 11) is 0. The highest BCUT2D eigenvalue weighted by atomic mass is 16.5. The van der Waals surface area contributed by atoms with Crippen LogP contribution >= 0.6 is 0 Å². The van der Waals surface area contributed by atoms with Gasteiger partial charge in [-0.2, -0.15) is 0 Å². The summed E-state index contributed by atoms with van der Waals surface area (Å²) in [5.74, 6) is 1.28. The molecule has 0 aliphatic carbocycles. The fraction of sp³-hybridized carbons (Fsp3) is 0.727. The van der Waals surface area contributed by atoms with Crippen molar-refractivity contribution in [3.05, 3.63) is 17.2 Å². The second-order valence-corrected chi connectivity index (χ2v) is 4.34. The zero-order valence-corrected chi connectivity index (χ0v) is 9.42. The molecule has 1 aliphatic rings. The van der Waals surface area contributed by atoms with Gasteiger partial charge in [-0.3, -0.25) is 0 Å². The highest BCUT2D eigenvalue weighted by Gasteiger charge is 2.24. The van der Waals surface area contributed by atoms with Crippen molar-refractivity contribution in [3.63, 3.8) is 0 Å². The molecule has 4 nitrogen and oxygen atoms in total. The van der Waals surface area contributed by atoms with E-state index < -0.39 is 0 Å². The Labute approximate surface area is 90.2 Å². The zero-order valence-electron chi connectivity index (χ0n) is 9.42. The van der Waals surface area contributed by atoms with Gasteiger partial charge in [0.1, 0.15) is 5.82 Å². The van der Waals surface area contributed by atoms with Gasteiger partial charge < -0.3 is 15.5 Å². The number of imidazole rings is 1. The SMILES string of the molecule is CC(C)c1nc(CN)[nH]c1C1CCCO1. The normalized spacial score (nSPS) is 21.5. The summed E-state index contributed by atoms with van der Waals surface area (Å²) in [4.78, 5) is 7.81. The molecule has 0 radical (unpaired) electrons. The van der Waals surface area contributed by atoms with Gasteiger partial charge in [0.15, 0.2) is 0 Å². The number of hydrogen-bond acceptors (Lipinski definition) is 3. The predicted octanol–water partition coefficient (Wildman–Crippen LogP) is 1.84. The first-order valence-electron chi connectivity index (χ1n) is 5.62. The molecule has 1 unspecified atom stereocenters. The van der Waals surface area contributed by atoms with E-state index in [4.69, 9.17) is 10.5 Å². The van der Waals surface area contributed by atoms with E-state index in [-0.39, 0.29) is 6.10 Å². The van der Waals surface area contributed by atoms with Crippen LogP contribution in [0.4, 0.5) is 0 Å². The molecule has 2 rings (SSSR count). The van der Waals surface area contributed by atoms with Gasteiger partial charge in [-0.05, 0) is 18.8 Å². The van der Waals surface area contributed by atoms with Crippen LogP contribution in [0.3, 0.4) is 0 Å². The third-order valence-corrected chi connectivity index (χ3v) is 2.80. The minimum Gasteiger partial charge on any atom is -0.372 e. The quantitative estimate of drug-likeness (QED) is 0.798. The van der Waals surface area contributed by atoms with Gasteiger partial charge in [0.25, 0.3) is 0 Å². The molecule has 0 amide bonds. The number of rotatable bonds is 3. The van der Waals surface area contributed by atoms with Gasteiger partial charge in [-0.1, -0.05) is 13.8 Å². The van der Waals surface area contributed by atoms with Crippen molar-refractivity contribution in [1.29, 1.82) is 0 Å². The molecule has 3 N–H and O–H groups in total. The summed E-state index contributed by atoms with van der Waals surface area (Å²) in [6, 6.07) is 0. The first kappa shape index (κ1) is 10.6. The first-order valence-corrected chi connectivity index (χ1v) is 5.62. The van der Waals surface area contributed by atoms with Crippen LogP contribution in [-0.4, -0.2) is 16.6 Å². The maximum Gasteiger partial charge on any atom is 0.120 e. The summed E-state index contributed by atoms with van der Waals surface area (Å²) >= 11 is 0. The molecule has 1 fully saturated rings. The van der Waals surface area contributed by atoms with Crippen molar-refractivity contribution in [3.8, 4) is 0 Å². The van der Waals surface area contributed by atoms with Crippen molar-refractivity contribution in [2.45, 2.75) is 45.3 Å². The number of aromatic amines is 1. The zero-order chi connectivity index (χ0) is 10.8. The van der Waals surface area contributed by atoms with Crippen LogP contribution in [0.2, 0.25) is 0 Å². The lowest BCUT2D eigenvalue weighted by Gasteiger charge is -2.11. The second kappa shape index (κ2) is 4.33. The summed E-state index contributed by atoms with van der Waals surface area (Å²) < 4.78 is 5.68. The Morgan fingerprint density at radius 1 is 1.60 bits per heavy atom. The number of aromatic nitrogens is 2. The fourth-order valence-corrected chi connectivity index (χ4v) is 2.04. The Kier molecular flexibility index (Phi) is 3.07. The molecule has 2 heterocycles. The van der Waals surface area contributed by atoms with E-state index in [1.807, 2.05) is 0 Å². The Morgan fingerprint density at radius 2 is 2.40 bits per heavy atom. The van der Waals surface area contributed by atoms with Gasteiger partial charge in [-0.15, -0.1) is 0 Å². The van der Waals surface area contributed by atoms with E-state index in [1.54, 1.807) is 0 Å².